The summed E-state index contributed by atoms with van der Waals surface area (Å²) in [6.45, 7) is 5.22. The highest BCUT2D eigenvalue weighted by Gasteiger charge is 2.30. The molecule has 1 heterocycles. The monoisotopic (exact) mass is 226 g/mol. The van der Waals surface area contributed by atoms with E-state index in [4.69, 9.17) is 10.5 Å². The molecule has 0 spiro atoms. The molecule has 3 nitrogen and oxygen atoms in total. The van der Waals surface area contributed by atoms with E-state index < -0.39 is 0 Å². The van der Waals surface area contributed by atoms with Gasteiger partial charge in [0.05, 0.1) is 6.10 Å². The topological polar surface area (TPSA) is 47.3 Å². The van der Waals surface area contributed by atoms with Gasteiger partial charge in [0.25, 0.3) is 0 Å². The summed E-state index contributed by atoms with van der Waals surface area (Å²) in [7, 11) is 0. The lowest BCUT2D eigenvalue weighted by atomic mass is 9.97. The van der Waals surface area contributed by atoms with Crippen molar-refractivity contribution in [2.24, 2.45) is 11.7 Å². The Morgan fingerprint density at radius 1 is 1.38 bits per heavy atom. The van der Waals surface area contributed by atoms with Crippen LogP contribution in [0.1, 0.15) is 45.4 Å². The van der Waals surface area contributed by atoms with Gasteiger partial charge in [-0.3, -0.25) is 0 Å². The molecule has 1 saturated heterocycles. The van der Waals surface area contributed by atoms with Gasteiger partial charge in [-0.2, -0.15) is 0 Å². The Balaban J connectivity index is 1.67. The molecule has 2 unspecified atom stereocenters. The Labute approximate surface area is 99.1 Å². The molecule has 0 aromatic carbocycles. The van der Waals surface area contributed by atoms with Crippen molar-refractivity contribution in [3.8, 4) is 0 Å². The minimum Gasteiger partial charge on any atom is -0.378 e. The van der Waals surface area contributed by atoms with Crippen molar-refractivity contribution in [3.63, 3.8) is 0 Å². The zero-order chi connectivity index (χ0) is 11.4. The molecule has 1 saturated carbocycles. The van der Waals surface area contributed by atoms with Crippen LogP contribution in [0.4, 0.5) is 0 Å². The lowest BCUT2D eigenvalue weighted by Crippen LogP contribution is -2.47. The van der Waals surface area contributed by atoms with Crippen molar-refractivity contribution in [2.75, 3.05) is 19.7 Å². The molecule has 2 aliphatic rings. The van der Waals surface area contributed by atoms with Crippen molar-refractivity contribution in [1.29, 1.82) is 0 Å². The first-order chi connectivity index (χ1) is 7.73. The Bertz CT molecular complexity index is 214. The van der Waals surface area contributed by atoms with Crippen molar-refractivity contribution >= 4 is 0 Å². The minimum absolute atomic E-state index is 0.0845. The molecule has 2 rings (SSSR count). The lowest BCUT2D eigenvalue weighted by molar-refractivity contribution is 0.0869. The highest BCUT2D eigenvalue weighted by Crippen LogP contribution is 2.27. The van der Waals surface area contributed by atoms with Crippen LogP contribution in [0.25, 0.3) is 0 Å². The Hall–Kier alpha value is -0.120. The second-order valence-electron chi connectivity index (χ2n) is 5.57. The van der Waals surface area contributed by atoms with Gasteiger partial charge >= 0.3 is 0 Å². The molecule has 0 radical (unpaired) electrons. The van der Waals surface area contributed by atoms with E-state index in [-0.39, 0.29) is 5.54 Å². The van der Waals surface area contributed by atoms with E-state index in [1.165, 1.54) is 32.1 Å². The summed E-state index contributed by atoms with van der Waals surface area (Å²) in [6.07, 6.45) is 7.83. The molecule has 0 aromatic heterocycles. The molecule has 1 aliphatic carbocycles. The summed E-state index contributed by atoms with van der Waals surface area (Å²) in [4.78, 5) is 0. The molecule has 1 aliphatic heterocycles. The average Bonchev–Trinajstić information content (AvgIpc) is 2.88. The summed E-state index contributed by atoms with van der Waals surface area (Å²) in [6, 6.07) is 0. The number of hydrogen-bond donors (Lipinski definition) is 2. The van der Waals surface area contributed by atoms with Crippen LogP contribution < -0.4 is 11.1 Å². The molecule has 2 atom stereocenters. The Morgan fingerprint density at radius 2 is 2.12 bits per heavy atom. The highest BCUT2D eigenvalue weighted by atomic mass is 16.5. The third-order valence-corrected chi connectivity index (χ3v) is 4.23. The molecule has 3 N–H and O–H groups in total. The van der Waals surface area contributed by atoms with Crippen LogP contribution in [0.2, 0.25) is 0 Å². The van der Waals surface area contributed by atoms with Crippen LogP contribution in [-0.2, 0) is 4.74 Å². The first-order valence-electron chi connectivity index (χ1n) is 6.85. The summed E-state index contributed by atoms with van der Waals surface area (Å²) in [5.41, 5.74) is 6.40. The first-order valence-corrected chi connectivity index (χ1v) is 6.85. The summed E-state index contributed by atoms with van der Waals surface area (Å²) in [5, 5.41) is 3.57. The third kappa shape index (κ3) is 2.96. The average molecular weight is 226 g/mol. The largest absolute Gasteiger partial charge is 0.378 e. The quantitative estimate of drug-likeness (QED) is 0.749. The zero-order valence-corrected chi connectivity index (χ0v) is 10.5. The molecule has 2 fully saturated rings. The maximum Gasteiger partial charge on any atom is 0.0613 e. The number of nitrogens with two attached hydrogens (primary N) is 1. The van der Waals surface area contributed by atoms with E-state index in [0.717, 1.165) is 26.1 Å². The van der Waals surface area contributed by atoms with Crippen LogP contribution in [0.15, 0.2) is 0 Å². The van der Waals surface area contributed by atoms with Gasteiger partial charge in [0.1, 0.15) is 0 Å². The van der Waals surface area contributed by atoms with Gasteiger partial charge in [-0.1, -0.05) is 19.8 Å². The van der Waals surface area contributed by atoms with Crippen molar-refractivity contribution in [3.05, 3.63) is 0 Å². The van der Waals surface area contributed by atoms with Gasteiger partial charge < -0.3 is 15.8 Å². The van der Waals surface area contributed by atoms with Crippen LogP contribution in [0.3, 0.4) is 0 Å². The van der Waals surface area contributed by atoms with Crippen LogP contribution in [0, 0.1) is 5.92 Å². The molecule has 0 aromatic rings. The maximum atomic E-state index is 6.32. The van der Waals surface area contributed by atoms with Crippen molar-refractivity contribution < 1.29 is 4.74 Å². The fraction of sp³-hybridized carbons (Fsp3) is 1.00. The first kappa shape index (κ1) is 12.3. The zero-order valence-electron chi connectivity index (χ0n) is 10.5. The van der Waals surface area contributed by atoms with E-state index in [9.17, 15) is 0 Å². The smallest absolute Gasteiger partial charge is 0.0613 e. The fourth-order valence-corrected chi connectivity index (χ4v) is 3.14. The SMILES string of the molecule is CCC1OCCC1CNCC1(N)CCCC1. The highest BCUT2D eigenvalue weighted by molar-refractivity contribution is 4.91. The number of ether oxygens (including phenoxy) is 1. The van der Waals surface area contributed by atoms with E-state index in [1.807, 2.05) is 0 Å². The number of nitrogens with one attached hydrogen (secondary N) is 1. The summed E-state index contributed by atoms with van der Waals surface area (Å²) in [5.74, 6) is 0.704. The van der Waals surface area contributed by atoms with E-state index in [1.54, 1.807) is 0 Å². The lowest BCUT2D eigenvalue weighted by Gasteiger charge is -2.25. The third-order valence-electron chi connectivity index (χ3n) is 4.23. The van der Waals surface area contributed by atoms with Gasteiger partial charge in [-0.05, 0) is 31.6 Å². The van der Waals surface area contributed by atoms with Crippen LogP contribution >= 0.6 is 0 Å². The predicted molar refractivity (Wildman–Crippen MR) is 66.4 cm³/mol. The normalized spacial score (nSPS) is 33.4. The van der Waals surface area contributed by atoms with E-state index in [0.29, 0.717) is 12.0 Å². The van der Waals surface area contributed by atoms with Gasteiger partial charge in [0.15, 0.2) is 0 Å². The van der Waals surface area contributed by atoms with Gasteiger partial charge in [-0.15, -0.1) is 0 Å². The van der Waals surface area contributed by atoms with Crippen LogP contribution in [0.5, 0.6) is 0 Å². The molecule has 94 valence electrons. The predicted octanol–water partition coefficient (Wildman–Crippen LogP) is 1.66. The molecule has 3 heteroatoms. The minimum atomic E-state index is 0.0845. The number of hydrogen-bond acceptors (Lipinski definition) is 3. The van der Waals surface area contributed by atoms with Gasteiger partial charge in [-0.25, -0.2) is 0 Å². The van der Waals surface area contributed by atoms with Gasteiger partial charge in [0, 0.05) is 25.2 Å². The summed E-state index contributed by atoms with van der Waals surface area (Å²) < 4.78 is 5.69. The van der Waals surface area contributed by atoms with E-state index >= 15 is 0 Å². The fourth-order valence-electron chi connectivity index (χ4n) is 3.14. The molecular formula is C13H26N2O. The van der Waals surface area contributed by atoms with E-state index in [2.05, 4.69) is 12.2 Å². The Kier molecular flexibility index (Phi) is 4.22. The molecule has 16 heavy (non-hydrogen) atoms. The van der Waals surface area contributed by atoms with Crippen molar-refractivity contribution in [2.45, 2.75) is 57.1 Å². The van der Waals surface area contributed by atoms with Crippen molar-refractivity contribution in [1.82, 2.24) is 5.32 Å². The molecule has 0 amide bonds. The summed E-state index contributed by atoms with van der Waals surface area (Å²) >= 11 is 0. The van der Waals surface area contributed by atoms with Gasteiger partial charge in [0.2, 0.25) is 0 Å². The standard InChI is InChI=1S/C13H26N2O/c1-2-12-11(5-8-16-12)9-15-10-13(14)6-3-4-7-13/h11-12,15H,2-10,14H2,1H3. The number of rotatable bonds is 5. The molecule has 0 bridgehead atoms. The molecular weight excluding hydrogens is 200 g/mol. The maximum absolute atomic E-state index is 6.32. The van der Waals surface area contributed by atoms with Crippen LogP contribution in [-0.4, -0.2) is 31.3 Å². The second-order valence-corrected chi connectivity index (χ2v) is 5.57. The second kappa shape index (κ2) is 5.48. The Morgan fingerprint density at radius 3 is 2.81 bits per heavy atom.